The van der Waals surface area contributed by atoms with Crippen LogP contribution >= 0.6 is 11.3 Å². The van der Waals surface area contributed by atoms with Gasteiger partial charge in [0, 0.05) is 11.4 Å². The van der Waals surface area contributed by atoms with Crippen LogP contribution in [0.25, 0.3) is 0 Å². The van der Waals surface area contributed by atoms with Gasteiger partial charge in [-0.05, 0) is 37.5 Å². The number of aromatic nitrogens is 1. The van der Waals surface area contributed by atoms with E-state index < -0.39 is 11.9 Å². The van der Waals surface area contributed by atoms with Crippen molar-refractivity contribution in [3.63, 3.8) is 0 Å². The van der Waals surface area contributed by atoms with Crippen molar-refractivity contribution in [3.05, 3.63) is 10.6 Å². The van der Waals surface area contributed by atoms with Gasteiger partial charge in [0.1, 0.15) is 5.92 Å². The van der Waals surface area contributed by atoms with Gasteiger partial charge in [0.2, 0.25) is 0 Å². The fraction of sp³-hybridized carbons (Fsp3) is 0.714. The molecule has 1 aromatic rings. The number of rotatable bonds is 4. The molecule has 0 bridgehead atoms. The largest absolute Gasteiger partial charge is 0.481 e. The third-order valence-corrected chi connectivity index (χ3v) is 5.57. The molecule has 4 nitrogen and oxygen atoms in total. The van der Waals surface area contributed by atoms with E-state index in [2.05, 4.69) is 17.2 Å². The van der Waals surface area contributed by atoms with Crippen molar-refractivity contribution in [1.29, 1.82) is 0 Å². The molecule has 2 aliphatic carbocycles. The summed E-state index contributed by atoms with van der Waals surface area (Å²) in [7, 11) is 0. The van der Waals surface area contributed by atoms with Crippen LogP contribution in [0.15, 0.2) is 0 Å². The Balaban J connectivity index is 1.72. The van der Waals surface area contributed by atoms with E-state index >= 15 is 0 Å². The lowest BCUT2D eigenvalue weighted by molar-refractivity contribution is -0.139. The second kappa shape index (κ2) is 4.78. The minimum Gasteiger partial charge on any atom is -0.481 e. The molecule has 0 aromatic carbocycles. The number of carboxylic acid groups (broad SMARTS) is 1. The maximum absolute atomic E-state index is 11.2. The Kier molecular flexibility index (Phi) is 3.25. The molecule has 0 saturated heterocycles. The van der Waals surface area contributed by atoms with Gasteiger partial charge < -0.3 is 10.4 Å². The van der Waals surface area contributed by atoms with E-state index in [1.54, 1.807) is 11.3 Å². The second-order valence-corrected chi connectivity index (χ2v) is 7.21. The van der Waals surface area contributed by atoms with Crippen LogP contribution in [0.5, 0.6) is 0 Å². The SMILES string of the molecule is CC1(CNc2nc3c(s2)CCCC3C(=O)O)CCC1. The number of anilines is 1. The number of hydrogen-bond acceptors (Lipinski definition) is 4. The summed E-state index contributed by atoms with van der Waals surface area (Å²) in [5.74, 6) is -1.13. The predicted octanol–water partition coefficient (Wildman–Crippen LogP) is 3.25. The minimum absolute atomic E-state index is 0.394. The number of thiazole rings is 1. The van der Waals surface area contributed by atoms with Crippen molar-refractivity contribution in [2.75, 3.05) is 11.9 Å². The van der Waals surface area contributed by atoms with Crippen LogP contribution < -0.4 is 5.32 Å². The van der Waals surface area contributed by atoms with Crippen LogP contribution in [-0.2, 0) is 11.2 Å². The molecule has 0 aliphatic heterocycles. The van der Waals surface area contributed by atoms with Crippen molar-refractivity contribution in [1.82, 2.24) is 4.98 Å². The Morgan fingerprint density at radius 1 is 1.53 bits per heavy atom. The standard InChI is InChI=1S/C14H20N2O2S/c1-14(6-3-7-14)8-15-13-16-11-9(12(17)18)4-2-5-10(11)19-13/h9H,2-8H2,1H3,(H,15,16)(H,17,18). The quantitative estimate of drug-likeness (QED) is 0.888. The average Bonchev–Trinajstić information content (AvgIpc) is 2.76. The van der Waals surface area contributed by atoms with Gasteiger partial charge in [-0.2, -0.15) is 0 Å². The summed E-state index contributed by atoms with van der Waals surface area (Å²) in [6.45, 7) is 3.26. The molecule has 104 valence electrons. The van der Waals surface area contributed by atoms with Gasteiger partial charge >= 0.3 is 5.97 Å². The lowest BCUT2D eigenvalue weighted by atomic mass is 9.70. The number of nitrogens with zero attached hydrogens (tertiary/aromatic N) is 1. The van der Waals surface area contributed by atoms with E-state index in [9.17, 15) is 9.90 Å². The van der Waals surface area contributed by atoms with Crippen LogP contribution in [0, 0.1) is 5.41 Å². The Bertz CT molecular complexity index is 494. The number of aryl methyl sites for hydroxylation is 1. The third-order valence-electron chi connectivity index (χ3n) is 4.48. The molecular weight excluding hydrogens is 260 g/mol. The van der Waals surface area contributed by atoms with E-state index in [0.717, 1.165) is 36.6 Å². The van der Waals surface area contributed by atoms with Crippen LogP contribution in [0.3, 0.4) is 0 Å². The molecule has 19 heavy (non-hydrogen) atoms. The monoisotopic (exact) mass is 280 g/mol. The zero-order valence-electron chi connectivity index (χ0n) is 11.2. The molecule has 0 spiro atoms. The summed E-state index contributed by atoms with van der Waals surface area (Å²) >= 11 is 1.65. The Morgan fingerprint density at radius 2 is 2.32 bits per heavy atom. The Morgan fingerprint density at radius 3 is 2.95 bits per heavy atom. The molecule has 1 aromatic heterocycles. The first kappa shape index (κ1) is 12.9. The van der Waals surface area contributed by atoms with Crippen molar-refractivity contribution in [2.24, 2.45) is 5.41 Å². The normalized spacial score (nSPS) is 24.4. The van der Waals surface area contributed by atoms with Crippen molar-refractivity contribution in [3.8, 4) is 0 Å². The van der Waals surface area contributed by atoms with Crippen LogP contribution in [0.1, 0.15) is 55.5 Å². The topological polar surface area (TPSA) is 62.2 Å². The van der Waals surface area contributed by atoms with E-state index in [1.165, 1.54) is 24.1 Å². The number of carboxylic acids is 1. The van der Waals surface area contributed by atoms with Crippen LogP contribution in [0.4, 0.5) is 5.13 Å². The first-order chi connectivity index (χ1) is 9.07. The van der Waals surface area contributed by atoms with Gasteiger partial charge in [-0.1, -0.05) is 13.3 Å². The lowest BCUT2D eigenvalue weighted by Crippen LogP contribution is -2.33. The maximum Gasteiger partial charge on any atom is 0.312 e. The number of fused-ring (bicyclic) bond motifs is 1. The molecule has 1 fully saturated rings. The van der Waals surface area contributed by atoms with Gasteiger partial charge in [0.05, 0.1) is 5.69 Å². The average molecular weight is 280 g/mol. The second-order valence-electron chi connectivity index (χ2n) is 6.13. The summed E-state index contributed by atoms with van der Waals surface area (Å²) in [5, 5.41) is 13.6. The Labute approximate surface area is 117 Å². The maximum atomic E-state index is 11.2. The minimum atomic E-state index is -0.733. The number of carbonyl (C=O) groups is 1. The number of hydrogen-bond donors (Lipinski definition) is 2. The summed E-state index contributed by atoms with van der Waals surface area (Å²) in [6, 6.07) is 0. The number of nitrogens with one attached hydrogen (secondary N) is 1. The molecule has 1 saturated carbocycles. The summed E-state index contributed by atoms with van der Waals surface area (Å²) in [5.41, 5.74) is 1.23. The van der Waals surface area contributed by atoms with Gasteiger partial charge in [-0.25, -0.2) is 4.98 Å². The summed E-state index contributed by atoms with van der Waals surface area (Å²) in [4.78, 5) is 17.0. The molecule has 2 N–H and O–H groups in total. The first-order valence-electron chi connectivity index (χ1n) is 7.04. The highest BCUT2D eigenvalue weighted by Gasteiger charge is 2.33. The zero-order chi connectivity index (χ0) is 13.5. The molecule has 3 rings (SSSR count). The fourth-order valence-corrected chi connectivity index (χ4v) is 4.04. The molecule has 1 unspecified atom stereocenters. The zero-order valence-corrected chi connectivity index (χ0v) is 12.1. The van der Waals surface area contributed by atoms with Crippen LogP contribution in [-0.4, -0.2) is 22.6 Å². The van der Waals surface area contributed by atoms with Gasteiger partial charge in [0.25, 0.3) is 0 Å². The van der Waals surface area contributed by atoms with Gasteiger partial charge in [-0.3, -0.25) is 4.79 Å². The van der Waals surface area contributed by atoms with Crippen LogP contribution in [0.2, 0.25) is 0 Å². The highest BCUT2D eigenvalue weighted by molar-refractivity contribution is 7.15. The lowest BCUT2D eigenvalue weighted by Gasteiger charge is -2.38. The fourth-order valence-electron chi connectivity index (χ4n) is 2.98. The number of aliphatic carboxylic acids is 1. The molecule has 0 amide bonds. The van der Waals surface area contributed by atoms with E-state index in [0.29, 0.717) is 5.41 Å². The van der Waals surface area contributed by atoms with Crippen molar-refractivity contribution >= 4 is 22.4 Å². The van der Waals surface area contributed by atoms with Gasteiger partial charge in [0.15, 0.2) is 5.13 Å². The van der Waals surface area contributed by atoms with E-state index in [-0.39, 0.29) is 0 Å². The molecule has 1 atom stereocenters. The molecule has 0 radical (unpaired) electrons. The van der Waals surface area contributed by atoms with Gasteiger partial charge in [-0.15, -0.1) is 11.3 Å². The third kappa shape index (κ3) is 2.48. The molecular formula is C14H20N2O2S. The van der Waals surface area contributed by atoms with E-state index in [1.807, 2.05) is 0 Å². The highest BCUT2D eigenvalue weighted by Crippen LogP contribution is 2.41. The van der Waals surface area contributed by atoms with Crippen molar-refractivity contribution in [2.45, 2.75) is 51.4 Å². The van der Waals surface area contributed by atoms with E-state index in [4.69, 9.17) is 0 Å². The van der Waals surface area contributed by atoms with Crippen molar-refractivity contribution < 1.29 is 9.90 Å². The smallest absolute Gasteiger partial charge is 0.312 e. The summed E-state index contributed by atoms with van der Waals surface area (Å²) < 4.78 is 0. The molecule has 2 aliphatic rings. The molecule has 1 heterocycles. The predicted molar refractivity (Wildman–Crippen MR) is 75.9 cm³/mol. The highest BCUT2D eigenvalue weighted by atomic mass is 32.1. The first-order valence-corrected chi connectivity index (χ1v) is 7.85. The summed E-state index contributed by atoms with van der Waals surface area (Å²) in [6.07, 6.45) is 6.56. The molecule has 5 heteroatoms. The Hall–Kier alpha value is -1.10.